The largest absolute Gasteiger partial charge is 0.310 e. The van der Waals surface area contributed by atoms with Crippen LogP contribution in [0.5, 0.6) is 0 Å². The van der Waals surface area contributed by atoms with E-state index < -0.39 is 0 Å². The van der Waals surface area contributed by atoms with Crippen LogP contribution in [-0.2, 0) is 6.42 Å². The molecule has 0 saturated carbocycles. The second-order valence-corrected chi connectivity index (χ2v) is 6.11. The summed E-state index contributed by atoms with van der Waals surface area (Å²) < 4.78 is 13.1. The minimum absolute atomic E-state index is 0.175. The van der Waals surface area contributed by atoms with E-state index in [-0.39, 0.29) is 11.9 Å². The van der Waals surface area contributed by atoms with Crippen molar-refractivity contribution in [3.05, 3.63) is 64.4 Å². The summed E-state index contributed by atoms with van der Waals surface area (Å²) in [5.41, 5.74) is 2.17. The molecule has 0 spiro atoms. The Morgan fingerprint density at radius 2 is 1.90 bits per heavy atom. The molecule has 0 aromatic heterocycles. The van der Waals surface area contributed by atoms with E-state index in [0.29, 0.717) is 5.02 Å². The first-order valence-electron chi connectivity index (χ1n) is 6.95. The van der Waals surface area contributed by atoms with Gasteiger partial charge >= 0.3 is 0 Å². The highest BCUT2D eigenvalue weighted by Crippen LogP contribution is 2.26. The Morgan fingerprint density at radius 1 is 1.19 bits per heavy atom. The highest BCUT2D eigenvalue weighted by Gasteiger charge is 2.13. The summed E-state index contributed by atoms with van der Waals surface area (Å²) in [5.74, 6) is -0.298. The third-order valence-electron chi connectivity index (χ3n) is 3.41. The van der Waals surface area contributed by atoms with E-state index in [0.717, 1.165) is 18.5 Å². The zero-order valence-corrected chi connectivity index (χ0v) is 13.8. The van der Waals surface area contributed by atoms with E-state index in [9.17, 15) is 4.39 Å². The van der Waals surface area contributed by atoms with Gasteiger partial charge in [-0.2, -0.15) is 0 Å². The molecule has 2 aromatic carbocycles. The predicted octanol–water partition coefficient (Wildman–Crippen LogP) is 5.09. The van der Waals surface area contributed by atoms with Crippen LogP contribution in [0.1, 0.15) is 24.1 Å². The van der Waals surface area contributed by atoms with Gasteiger partial charge in [-0.05, 0) is 54.6 Å². The quantitative estimate of drug-likeness (QED) is 0.743. The van der Waals surface area contributed by atoms with Crippen LogP contribution in [0.4, 0.5) is 4.39 Å². The zero-order valence-electron chi connectivity index (χ0n) is 12.2. The molecule has 0 saturated heterocycles. The Balaban J connectivity index is 2.21. The molecule has 4 heteroatoms. The molecular weight excluding hydrogens is 305 g/mol. The number of hydrogen-bond donors (Lipinski definition) is 1. The van der Waals surface area contributed by atoms with Crippen molar-refractivity contribution < 1.29 is 4.39 Å². The second kappa shape index (κ2) is 7.83. The Labute approximate surface area is 134 Å². The lowest BCUT2D eigenvalue weighted by Crippen LogP contribution is -2.23. The number of likely N-dealkylation sites (N-methyl/N-ethyl adjacent to an activating group) is 1. The second-order valence-electron chi connectivity index (χ2n) is 4.82. The van der Waals surface area contributed by atoms with Gasteiger partial charge in [0.1, 0.15) is 5.82 Å². The molecule has 0 bridgehead atoms. The molecule has 0 heterocycles. The molecule has 2 rings (SSSR count). The average Bonchev–Trinajstić information content (AvgIpc) is 2.49. The van der Waals surface area contributed by atoms with Crippen molar-refractivity contribution in [2.24, 2.45) is 0 Å². The van der Waals surface area contributed by atoms with Gasteiger partial charge in [-0.1, -0.05) is 36.7 Å². The number of halogens is 2. The SMILES string of the molecule is CCNC(Cc1ccc(F)cc1Cl)c1ccc(SC)cc1. The van der Waals surface area contributed by atoms with Gasteiger partial charge < -0.3 is 5.32 Å². The summed E-state index contributed by atoms with van der Waals surface area (Å²) in [6, 6.07) is 13.3. The topological polar surface area (TPSA) is 12.0 Å². The molecule has 1 unspecified atom stereocenters. The van der Waals surface area contributed by atoms with Crippen LogP contribution in [-0.4, -0.2) is 12.8 Å². The fraction of sp³-hybridized carbons (Fsp3) is 0.294. The lowest BCUT2D eigenvalue weighted by molar-refractivity contribution is 0.548. The Kier molecular flexibility index (Phi) is 6.09. The van der Waals surface area contributed by atoms with Gasteiger partial charge in [0.05, 0.1) is 0 Å². The Hall–Kier alpha value is -1.03. The molecule has 1 atom stereocenters. The number of benzene rings is 2. The van der Waals surface area contributed by atoms with Gasteiger partial charge in [0.15, 0.2) is 0 Å². The van der Waals surface area contributed by atoms with Gasteiger partial charge in [-0.3, -0.25) is 0 Å². The van der Waals surface area contributed by atoms with E-state index in [1.54, 1.807) is 17.8 Å². The van der Waals surface area contributed by atoms with Gasteiger partial charge in [-0.15, -0.1) is 11.8 Å². The van der Waals surface area contributed by atoms with E-state index in [2.05, 4.69) is 42.8 Å². The van der Waals surface area contributed by atoms with Gasteiger partial charge in [-0.25, -0.2) is 4.39 Å². The Morgan fingerprint density at radius 3 is 2.48 bits per heavy atom. The molecule has 2 aromatic rings. The van der Waals surface area contributed by atoms with Crippen LogP contribution in [0.2, 0.25) is 5.02 Å². The normalized spacial score (nSPS) is 12.4. The maximum absolute atomic E-state index is 13.1. The van der Waals surface area contributed by atoms with Crippen LogP contribution in [0.15, 0.2) is 47.4 Å². The summed E-state index contributed by atoms with van der Waals surface area (Å²) in [6.45, 7) is 2.95. The highest BCUT2D eigenvalue weighted by atomic mass is 35.5. The summed E-state index contributed by atoms with van der Waals surface area (Å²) in [4.78, 5) is 1.24. The number of rotatable bonds is 6. The smallest absolute Gasteiger partial charge is 0.124 e. The van der Waals surface area contributed by atoms with Gasteiger partial charge in [0.25, 0.3) is 0 Å². The van der Waals surface area contributed by atoms with Crippen LogP contribution >= 0.6 is 23.4 Å². The first kappa shape index (κ1) is 16.3. The summed E-state index contributed by atoms with van der Waals surface area (Å²) in [5, 5.41) is 3.95. The van der Waals surface area contributed by atoms with Crippen molar-refractivity contribution in [1.29, 1.82) is 0 Å². The lowest BCUT2D eigenvalue weighted by atomic mass is 9.98. The van der Waals surface area contributed by atoms with Gasteiger partial charge in [0.2, 0.25) is 0 Å². The van der Waals surface area contributed by atoms with E-state index in [1.165, 1.54) is 22.6 Å². The van der Waals surface area contributed by atoms with Crippen molar-refractivity contribution in [3.63, 3.8) is 0 Å². The molecule has 0 aliphatic heterocycles. The van der Waals surface area contributed by atoms with Crippen molar-refractivity contribution in [2.45, 2.75) is 24.3 Å². The van der Waals surface area contributed by atoms with Crippen LogP contribution < -0.4 is 5.32 Å². The van der Waals surface area contributed by atoms with E-state index in [4.69, 9.17) is 11.6 Å². The molecule has 1 N–H and O–H groups in total. The minimum atomic E-state index is -0.298. The molecule has 112 valence electrons. The number of hydrogen-bond acceptors (Lipinski definition) is 2. The predicted molar refractivity (Wildman–Crippen MR) is 89.8 cm³/mol. The third-order valence-corrected chi connectivity index (χ3v) is 4.50. The summed E-state index contributed by atoms with van der Waals surface area (Å²) >= 11 is 7.87. The first-order valence-corrected chi connectivity index (χ1v) is 8.55. The average molecular weight is 324 g/mol. The fourth-order valence-corrected chi connectivity index (χ4v) is 2.95. The molecular formula is C17H19ClFNS. The van der Waals surface area contributed by atoms with Crippen LogP contribution in [0, 0.1) is 5.82 Å². The maximum Gasteiger partial charge on any atom is 0.124 e. The summed E-state index contributed by atoms with van der Waals surface area (Å²) in [7, 11) is 0. The zero-order chi connectivity index (χ0) is 15.2. The first-order chi connectivity index (χ1) is 10.1. The summed E-state index contributed by atoms with van der Waals surface area (Å²) in [6.07, 6.45) is 2.81. The highest BCUT2D eigenvalue weighted by molar-refractivity contribution is 7.98. The van der Waals surface area contributed by atoms with E-state index >= 15 is 0 Å². The molecule has 21 heavy (non-hydrogen) atoms. The van der Waals surface area contributed by atoms with E-state index in [1.807, 2.05) is 0 Å². The number of nitrogens with one attached hydrogen (secondary N) is 1. The molecule has 1 nitrogen and oxygen atoms in total. The molecule has 0 radical (unpaired) electrons. The Bertz CT molecular complexity index is 586. The van der Waals surface area contributed by atoms with Gasteiger partial charge in [0, 0.05) is 16.0 Å². The van der Waals surface area contributed by atoms with Crippen molar-refractivity contribution in [3.8, 4) is 0 Å². The third kappa shape index (κ3) is 4.47. The molecule has 0 fully saturated rings. The molecule has 0 aliphatic carbocycles. The molecule has 0 aliphatic rings. The monoisotopic (exact) mass is 323 g/mol. The van der Waals surface area contributed by atoms with Crippen LogP contribution in [0.3, 0.4) is 0 Å². The van der Waals surface area contributed by atoms with Crippen molar-refractivity contribution in [1.82, 2.24) is 5.32 Å². The fourth-order valence-electron chi connectivity index (χ4n) is 2.30. The van der Waals surface area contributed by atoms with Crippen molar-refractivity contribution in [2.75, 3.05) is 12.8 Å². The number of thioether (sulfide) groups is 1. The maximum atomic E-state index is 13.1. The van der Waals surface area contributed by atoms with Crippen LogP contribution in [0.25, 0.3) is 0 Å². The molecule has 0 amide bonds. The minimum Gasteiger partial charge on any atom is -0.310 e. The van der Waals surface area contributed by atoms with Crippen molar-refractivity contribution >= 4 is 23.4 Å². The standard InChI is InChI=1S/C17H19ClFNS/c1-3-20-17(12-5-8-15(21-2)9-6-12)10-13-4-7-14(19)11-16(13)18/h4-9,11,17,20H,3,10H2,1-2H3. The lowest BCUT2D eigenvalue weighted by Gasteiger charge is -2.19.